The van der Waals surface area contributed by atoms with Crippen LogP contribution in [0.25, 0.3) is 0 Å². The molecular weight excluding hydrogens is 494 g/mol. The van der Waals surface area contributed by atoms with Crippen LogP contribution in [0, 0.1) is 11.7 Å². The van der Waals surface area contributed by atoms with Crippen molar-refractivity contribution in [1.29, 1.82) is 0 Å². The molecule has 1 unspecified atom stereocenters. The van der Waals surface area contributed by atoms with Crippen molar-refractivity contribution in [3.63, 3.8) is 0 Å². The van der Waals surface area contributed by atoms with E-state index in [4.69, 9.17) is 0 Å². The lowest BCUT2D eigenvalue weighted by molar-refractivity contribution is 0.370. The van der Waals surface area contributed by atoms with Gasteiger partial charge in [0, 0.05) is 39.3 Å². The van der Waals surface area contributed by atoms with Crippen molar-refractivity contribution >= 4 is 45.5 Å². The SMILES string of the molecule is C=CCNC(=NCC1CCS(=O)(=O)C1)N1CCN(c2ccccc2F)CC1.I. The monoisotopic (exact) mass is 522 g/mol. The number of aliphatic imine (C=N–C) groups is 1. The van der Waals surface area contributed by atoms with E-state index in [1.807, 2.05) is 11.0 Å². The standard InChI is InChI=1S/C19H27FN4O2S.HI/c1-2-8-21-19(22-14-16-7-13-27(25,26)15-16)24-11-9-23(10-12-24)18-6-4-3-5-17(18)20;/h2-6,16H,1,7-15H2,(H,21,22);1H. The predicted molar refractivity (Wildman–Crippen MR) is 123 cm³/mol. The minimum absolute atomic E-state index is 0. The summed E-state index contributed by atoms with van der Waals surface area (Å²) in [5, 5.41) is 3.27. The average molecular weight is 522 g/mol. The van der Waals surface area contributed by atoms with Crippen LogP contribution < -0.4 is 10.2 Å². The lowest BCUT2D eigenvalue weighted by Gasteiger charge is -2.37. The second-order valence-electron chi connectivity index (χ2n) is 7.03. The Labute approximate surface area is 183 Å². The first kappa shape index (κ1) is 22.9. The van der Waals surface area contributed by atoms with Crippen LogP contribution in [0.1, 0.15) is 6.42 Å². The average Bonchev–Trinajstić information content (AvgIpc) is 3.01. The Bertz CT molecular complexity index is 795. The topological polar surface area (TPSA) is 65.0 Å². The molecule has 6 nitrogen and oxygen atoms in total. The fourth-order valence-electron chi connectivity index (χ4n) is 3.53. The third kappa shape index (κ3) is 6.07. The largest absolute Gasteiger partial charge is 0.366 e. The summed E-state index contributed by atoms with van der Waals surface area (Å²) < 4.78 is 37.3. The van der Waals surface area contributed by atoms with Gasteiger partial charge in [-0.1, -0.05) is 18.2 Å². The summed E-state index contributed by atoms with van der Waals surface area (Å²) in [7, 11) is -2.89. The number of nitrogens with one attached hydrogen (secondary N) is 1. The minimum Gasteiger partial charge on any atom is -0.366 e. The number of nitrogens with zero attached hydrogens (tertiary/aromatic N) is 3. The molecule has 2 aliphatic heterocycles. The smallest absolute Gasteiger partial charge is 0.194 e. The molecule has 0 saturated carbocycles. The molecule has 0 amide bonds. The minimum atomic E-state index is -2.89. The van der Waals surface area contributed by atoms with Crippen LogP contribution in [0.5, 0.6) is 0 Å². The van der Waals surface area contributed by atoms with Gasteiger partial charge >= 0.3 is 0 Å². The molecule has 28 heavy (non-hydrogen) atoms. The highest BCUT2D eigenvalue weighted by Crippen LogP contribution is 2.21. The third-order valence-corrected chi connectivity index (χ3v) is 6.84. The molecule has 1 aromatic carbocycles. The number of rotatable bonds is 5. The molecule has 0 bridgehead atoms. The Balaban J connectivity index is 0.00000280. The van der Waals surface area contributed by atoms with Crippen molar-refractivity contribution in [3.05, 3.63) is 42.7 Å². The molecule has 0 aliphatic carbocycles. The Morgan fingerprint density at radius 2 is 2.00 bits per heavy atom. The van der Waals surface area contributed by atoms with E-state index in [0.29, 0.717) is 38.3 Å². The molecule has 156 valence electrons. The number of hydrogen-bond acceptors (Lipinski definition) is 4. The van der Waals surface area contributed by atoms with Gasteiger partial charge in [0.2, 0.25) is 0 Å². The Morgan fingerprint density at radius 3 is 2.61 bits per heavy atom. The van der Waals surface area contributed by atoms with Crippen molar-refractivity contribution in [3.8, 4) is 0 Å². The van der Waals surface area contributed by atoms with Crippen molar-refractivity contribution in [1.82, 2.24) is 10.2 Å². The number of piperazine rings is 1. The molecular formula is C19H28FIN4O2S. The molecule has 0 aromatic heterocycles. The summed E-state index contributed by atoms with van der Waals surface area (Å²) in [6.45, 7) is 7.68. The number of hydrogen-bond donors (Lipinski definition) is 1. The van der Waals surface area contributed by atoms with Gasteiger partial charge in [0.1, 0.15) is 5.82 Å². The summed E-state index contributed by atoms with van der Waals surface area (Å²) in [6, 6.07) is 6.83. The van der Waals surface area contributed by atoms with Gasteiger partial charge in [-0.15, -0.1) is 30.6 Å². The summed E-state index contributed by atoms with van der Waals surface area (Å²) in [5.74, 6) is 1.16. The molecule has 2 heterocycles. The highest BCUT2D eigenvalue weighted by atomic mass is 127. The van der Waals surface area contributed by atoms with Gasteiger partial charge in [-0.3, -0.25) is 4.99 Å². The molecule has 1 atom stereocenters. The summed E-state index contributed by atoms with van der Waals surface area (Å²) in [4.78, 5) is 8.86. The molecule has 2 aliphatic rings. The summed E-state index contributed by atoms with van der Waals surface area (Å²) in [5.41, 5.74) is 0.630. The van der Waals surface area contributed by atoms with E-state index in [1.54, 1.807) is 18.2 Å². The second-order valence-corrected chi connectivity index (χ2v) is 9.26. The van der Waals surface area contributed by atoms with Gasteiger partial charge in [0.05, 0.1) is 17.2 Å². The zero-order valence-electron chi connectivity index (χ0n) is 15.9. The van der Waals surface area contributed by atoms with Crippen molar-refractivity contribution in [2.45, 2.75) is 6.42 Å². The zero-order valence-corrected chi connectivity index (χ0v) is 19.0. The van der Waals surface area contributed by atoms with Gasteiger partial charge in [-0.05, 0) is 24.5 Å². The number of sulfone groups is 1. The van der Waals surface area contributed by atoms with Crippen LogP contribution in [0.2, 0.25) is 0 Å². The van der Waals surface area contributed by atoms with Gasteiger partial charge in [-0.2, -0.15) is 0 Å². The lowest BCUT2D eigenvalue weighted by atomic mass is 10.1. The normalized spacial score (nSPS) is 21.9. The third-order valence-electron chi connectivity index (χ3n) is 5.00. The van der Waals surface area contributed by atoms with E-state index < -0.39 is 9.84 Å². The summed E-state index contributed by atoms with van der Waals surface area (Å²) >= 11 is 0. The number of guanidine groups is 1. The van der Waals surface area contributed by atoms with E-state index in [-0.39, 0.29) is 47.2 Å². The van der Waals surface area contributed by atoms with Gasteiger partial charge in [0.25, 0.3) is 0 Å². The van der Waals surface area contributed by atoms with Crippen LogP contribution in [0.15, 0.2) is 41.9 Å². The predicted octanol–water partition coefficient (Wildman–Crippen LogP) is 2.13. The number of para-hydroxylation sites is 1. The number of anilines is 1. The maximum absolute atomic E-state index is 14.0. The fraction of sp³-hybridized carbons (Fsp3) is 0.526. The Kier molecular flexibility index (Phi) is 8.54. The first-order chi connectivity index (χ1) is 13.0. The van der Waals surface area contributed by atoms with Gasteiger partial charge < -0.3 is 15.1 Å². The second kappa shape index (κ2) is 10.4. The Morgan fingerprint density at radius 1 is 1.29 bits per heavy atom. The van der Waals surface area contributed by atoms with E-state index in [1.165, 1.54) is 6.07 Å². The van der Waals surface area contributed by atoms with E-state index in [0.717, 1.165) is 19.0 Å². The van der Waals surface area contributed by atoms with Gasteiger partial charge in [0.15, 0.2) is 15.8 Å². The molecule has 2 fully saturated rings. The van der Waals surface area contributed by atoms with E-state index >= 15 is 0 Å². The fourth-order valence-corrected chi connectivity index (χ4v) is 5.38. The first-order valence-corrected chi connectivity index (χ1v) is 11.1. The summed E-state index contributed by atoms with van der Waals surface area (Å²) in [6.07, 6.45) is 2.45. The van der Waals surface area contributed by atoms with Crippen LogP contribution in [-0.2, 0) is 9.84 Å². The molecule has 0 radical (unpaired) electrons. The molecule has 2 saturated heterocycles. The lowest BCUT2D eigenvalue weighted by Crippen LogP contribution is -2.53. The van der Waals surface area contributed by atoms with Crippen LogP contribution in [0.3, 0.4) is 0 Å². The van der Waals surface area contributed by atoms with Gasteiger partial charge in [-0.25, -0.2) is 12.8 Å². The number of benzene rings is 1. The number of halogens is 2. The molecule has 3 rings (SSSR count). The maximum Gasteiger partial charge on any atom is 0.194 e. The quantitative estimate of drug-likeness (QED) is 0.278. The molecule has 1 N–H and O–H groups in total. The van der Waals surface area contributed by atoms with Crippen LogP contribution in [0.4, 0.5) is 10.1 Å². The van der Waals surface area contributed by atoms with Crippen molar-refractivity contribution in [2.75, 3.05) is 55.7 Å². The maximum atomic E-state index is 14.0. The molecule has 0 spiro atoms. The molecule has 1 aromatic rings. The first-order valence-electron chi connectivity index (χ1n) is 9.32. The van der Waals surface area contributed by atoms with Crippen LogP contribution in [-0.4, -0.2) is 70.1 Å². The highest BCUT2D eigenvalue weighted by Gasteiger charge is 2.28. The van der Waals surface area contributed by atoms with E-state index in [9.17, 15) is 12.8 Å². The Hall–Kier alpha value is -1.36. The van der Waals surface area contributed by atoms with Crippen molar-refractivity contribution < 1.29 is 12.8 Å². The zero-order chi connectivity index (χ0) is 19.3. The molecule has 9 heteroatoms. The van der Waals surface area contributed by atoms with Crippen LogP contribution >= 0.6 is 24.0 Å². The van der Waals surface area contributed by atoms with E-state index in [2.05, 4.69) is 21.8 Å². The highest BCUT2D eigenvalue weighted by molar-refractivity contribution is 14.0. The van der Waals surface area contributed by atoms with Crippen molar-refractivity contribution in [2.24, 2.45) is 10.9 Å².